The lowest BCUT2D eigenvalue weighted by atomic mass is 10.2. The van der Waals surface area contributed by atoms with Crippen molar-refractivity contribution in [3.05, 3.63) is 45.4 Å². The van der Waals surface area contributed by atoms with Crippen LogP contribution in [0.3, 0.4) is 0 Å². The van der Waals surface area contributed by atoms with Crippen molar-refractivity contribution in [2.75, 3.05) is 48.8 Å². The molecule has 0 bridgehead atoms. The summed E-state index contributed by atoms with van der Waals surface area (Å²) in [4.78, 5) is 3.79. The molecule has 25 heavy (non-hydrogen) atoms. The third kappa shape index (κ3) is 3.62. The van der Waals surface area contributed by atoms with E-state index in [1.54, 1.807) is 12.1 Å². The quantitative estimate of drug-likeness (QED) is 0.580. The summed E-state index contributed by atoms with van der Waals surface area (Å²) in [5.41, 5.74) is 6.86. The molecule has 1 aliphatic rings. The highest BCUT2D eigenvalue weighted by Gasteiger charge is 2.23. The molecule has 1 heterocycles. The first kappa shape index (κ1) is 18.1. The Kier molecular flexibility index (Phi) is 5.24. The first-order valence-electron chi connectivity index (χ1n) is 7.68. The van der Waals surface area contributed by atoms with Gasteiger partial charge >= 0.3 is 0 Å². The fourth-order valence-electron chi connectivity index (χ4n) is 2.92. The third-order valence-electron chi connectivity index (χ3n) is 4.25. The average molecular weight is 433 g/mol. The van der Waals surface area contributed by atoms with Crippen LogP contribution in [0.25, 0.3) is 0 Å². The Hall–Kier alpha value is -1.73. The van der Waals surface area contributed by atoms with Crippen LogP contribution in [-0.2, 0) is 0 Å². The molecule has 1 saturated heterocycles. The zero-order valence-electron chi connectivity index (χ0n) is 13.5. The lowest BCUT2D eigenvalue weighted by Crippen LogP contribution is -2.47. The number of piperazine rings is 1. The molecular weight excluding hydrogens is 416 g/mol. The number of methoxy groups -OCH3 is 1. The molecule has 2 aromatic carbocycles. The van der Waals surface area contributed by atoms with Gasteiger partial charge in [0.15, 0.2) is 0 Å². The molecule has 134 valence electrons. The van der Waals surface area contributed by atoms with Gasteiger partial charge in [0.2, 0.25) is 0 Å². The van der Waals surface area contributed by atoms with E-state index in [2.05, 4.69) is 15.9 Å². The third-order valence-corrected chi connectivity index (χ3v) is 5.45. The summed E-state index contributed by atoms with van der Waals surface area (Å²) in [6.45, 7) is 2.16. The van der Waals surface area contributed by atoms with E-state index in [-0.39, 0.29) is 11.5 Å². The van der Waals surface area contributed by atoms with E-state index in [0.29, 0.717) is 52.8 Å². The van der Waals surface area contributed by atoms with Crippen LogP contribution in [0.5, 0.6) is 5.75 Å². The number of nitrogens with two attached hydrogens (primary N) is 1. The predicted molar refractivity (Wildman–Crippen MR) is 101 cm³/mol. The molecule has 2 aromatic rings. The van der Waals surface area contributed by atoms with E-state index in [0.717, 1.165) is 0 Å². The Labute approximate surface area is 158 Å². The fourth-order valence-corrected chi connectivity index (χ4v) is 3.39. The van der Waals surface area contributed by atoms with Gasteiger partial charge < -0.3 is 20.3 Å². The van der Waals surface area contributed by atoms with Crippen molar-refractivity contribution in [3.63, 3.8) is 0 Å². The molecule has 0 radical (unpaired) electrons. The van der Waals surface area contributed by atoms with Gasteiger partial charge in [-0.15, -0.1) is 0 Å². The van der Waals surface area contributed by atoms with Gasteiger partial charge in [0.05, 0.1) is 29.2 Å². The fraction of sp³-hybridized carbons (Fsp3) is 0.294. The van der Waals surface area contributed by atoms with E-state index in [9.17, 15) is 8.78 Å². The summed E-state index contributed by atoms with van der Waals surface area (Å²) < 4.78 is 34.2. The van der Waals surface area contributed by atoms with Crippen molar-refractivity contribution in [2.45, 2.75) is 0 Å². The van der Waals surface area contributed by atoms with Crippen LogP contribution in [0, 0.1) is 11.6 Å². The lowest BCUT2D eigenvalue weighted by Gasteiger charge is -2.37. The van der Waals surface area contributed by atoms with Crippen molar-refractivity contribution in [1.82, 2.24) is 0 Å². The number of hydrogen-bond donors (Lipinski definition) is 1. The maximum absolute atomic E-state index is 14.3. The number of hydrogen-bond acceptors (Lipinski definition) is 4. The Balaban J connectivity index is 1.78. The van der Waals surface area contributed by atoms with Gasteiger partial charge in [0, 0.05) is 42.8 Å². The van der Waals surface area contributed by atoms with Crippen molar-refractivity contribution >= 4 is 44.6 Å². The minimum Gasteiger partial charge on any atom is -0.495 e. The molecule has 8 heteroatoms. The van der Waals surface area contributed by atoms with Crippen molar-refractivity contribution < 1.29 is 13.5 Å². The number of benzene rings is 2. The van der Waals surface area contributed by atoms with Gasteiger partial charge in [-0.05, 0) is 28.1 Å². The number of halogens is 4. The Morgan fingerprint density at radius 1 is 1.00 bits per heavy atom. The van der Waals surface area contributed by atoms with E-state index >= 15 is 0 Å². The van der Waals surface area contributed by atoms with Gasteiger partial charge in [-0.1, -0.05) is 11.6 Å². The smallest absolute Gasteiger partial charge is 0.148 e. The van der Waals surface area contributed by atoms with Crippen LogP contribution in [0.15, 0.2) is 28.7 Å². The highest BCUT2D eigenvalue weighted by Crippen LogP contribution is 2.34. The Bertz CT molecular complexity index is 798. The highest BCUT2D eigenvalue weighted by atomic mass is 79.9. The van der Waals surface area contributed by atoms with Gasteiger partial charge in [-0.2, -0.15) is 0 Å². The molecule has 0 aromatic heterocycles. The first-order chi connectivity index (χ1) is 11.9. The summed E-state index contributed by atoms with van der Waals surface area (Å²) >= 11 is 9.28. The topological polar surface area (TPSA) is 41.7 Å². The van der Waals surface area contributed by atoms with Crippen LogP contribution >= 0.6 is 27.5 Å². The van der Waals surface area contributed by atoms with Gasteiger partial charge in [-0.3, -0.25) is 0 Å². The molecule has 0 spiro atoms. The first-order valence-corrected chi connectivity index (χ1v) is 8.85. The molecule has 3 rings (SSSR count). The van der Waals surface area contributed by atoms with Crippen molar-refractivity contribution in [3.8, 4) is 5.75 Å². The van der Waals surface area contributed by atoms with Crippen molar-refractivity contribution in [1.29, 1.82) is 0 Å². The zero-order valence-corrected chi connectivity index (χ0v) is 15.9. The van der Waals surface area contributed by atoms with Crippen LogP contribution in [0.1, 0.15) is 0 Å². The van der Waals surface area contributed by atoms with Gasteiger partial charge in [0.25, 0.3) is 0 Å². The number of rotatable bonds is 3. The van der Waals surface area contributed by atoms with E-state index in [1.807, 2.05) is 9.80 Å². The minimum absolute atomic E-state index is 0.258. The van der Waals surface area contributed by atoms with Gasteiger partial charge in [0.1, 0.15) is 17.4 Å². The summed E-state index contributed by atoms with van der Waals surface area (Å²) in [5.74, 6) is -0.306. The monoisotopic (exact) mass is 431 g/mol. The molecule has 0 amide bonds. The van der Waals surface area contributed by atoms with Crippen LogP contribution in [0.4, 0.5) is 25.8 Å². The second kappa shape index (κ2) is 7.25. The molecule has 4 nitrogen and oxygen atoms in total. The Morgan fingerprint density at radius 3 is 2.08 bits per heavy atom. The molecule has 0 unspecified atom stereocenters. The van der Waals surface area contributed by atoms with E-state index in [4.69, 9.17) is 22.1 Å². The maximum Gasteiger partial charge on any atom is 0.148 e. The molecule has 0 saturated carbocycles. The molecule has 1 aliphatic heterocycles. The molecule has 1 fully saturated rings. The molecule has 0 aliphatic carbocycles. The largest absolute Gasteiger partial charge is 0.495 e. The summed E-state index contributed by atoms with van der Waals surface area (Å²) in [7, 11) is 1.49. The number of nitrogen functional groups attached to an aromatic ring is 1. The van der Waals surface area contributed by atoms with Crippen molar-refractivity contribution in [2.24, 2.45) is 0 Å². The van der Waals surface area contributed by atoms with E-state index in [1.165, 1.54) is 19.2 Å². The second-order valence-electron chi connectivity index (χ2n) is 5.74. The zero-order chi connectivity index (χ0) is 18.1. The van der Waals surface area contributed by atoms with Crippen LogP contribution < -0.4 is 20.3 Å². The number of anilines is 3. The van der Waals surface area contributed by atoms with E-state index < -0.39 is 5.82 Å². The molecule has 0 atom stereocenters. The Morgan fingerprint density at radius 2 is 1.52 bits per heavy atom. The molecule has 2 N–H and O–H groups in total. The minimum atomic E-state index is -0.399. The van der Waals surface area contributed by atoms with Gasteiger partial charge in [-0.25, -0.2) is 8.78 Å². The predicted octanol–water partition coefficient (Wildman–Crippen LogP) is 4.30. The second-order valence-corrected chi connectivity index (χ2v) is 7.00. The number of nitrogens with zero attached hydrogens (tertiary/aromatic N) is 2. The average Bonchev–Trinajstić information content (AvgIpc) is 2.59. The lowest BCUT2D eigenvalue weighted by molar-refractivity contribution is 0.416. The summed E-state index contributed by atoms with van der Waals surface area (Å²) in [5, 5.41) is 0.452. The normalized spacial score (nSPS) is 14.8. The van der Waals surface area contributed by atoms with Crippen LogP contribution in [0.2, 0.25) is 5.02 Å². The maximum atomic E-state index is 14.3. The highest BCUT2D eigenvalue weighted by molar-refractivity contribution is 9.10. The number of ether oxygens (including phenoxy) is 1. The summed E-state index contributed by atoms with van der Waals surface area (Å²) in [6, 6.07) is 5.81. The molecular formula is C17H17BrClF2N3O. The standard InChI is InChI=1S/C17H17BrClF2N3O/c1-25-17-9-16(13(21)8-14(17)22)24-4-2-23(3-5-24)15-7-11(19)10(18)6-12(15)20/h6-9H,2-5,22H2,1H3. The SMILES string of the molecule is COc1cc(N2CCN(c3cc(Cl)c(Br)cc3F)CC2)c(F)cc1N. The van der Waals surface area contributed by atoms with Crippen LogP contribution in [-0.4, -0.2) is 33.3 Å². The summed E-state index contributed by atoms with van der Waals surface area (Å²) in [6.07, 6.45) is 0.